The van der Waals surface area contributed by atoms with Crippen LogP contribution in [0.15, 0.2) is 42.5 Å². The summed E-state index contributed by atoms with van der Waals surface area (Å²) >= 11 is 17.7. The first kappa shape index (κ1) is 16.0. The molecule has 0 spiro atoms. The Labute approximate surface area is 139 Å². The lowest BCUT2D eigenvalue weighted by molar-refractivity contribution is 0.305. The van der Waals surface area contributed by atoms with Crippen molar-refractivity contribution in [3.8, 4) is 17.6 Å². The van der Waals surface area contributed by atoms with Crippen molar-refractivity contribution in [3.05, 3.63) is 63.6 Å². The molecule has 2 aromatic carbocycles. The number of rotatable bonds is 4. The summed E-state index contributed by atoms with van der Waals surface area (Å²) < 4.78 is 5.81. The molecule has 0 amide bonds. The highest BCUT2D eigenvalue weighted by Gasteiger charge is 2.05. The van der Waals surface area contributed by atoms with Crippen LogP contribution in [0.1, 0.15) is 17.5 Å². The average Bonchev–Trinajstić information content (AvgIpc) is 2.49. The van der Waals surface area contributed by atoms with E-state index in [2.05, 4.69) is 11.8 Å². The minimum absolute atomic E-state index is 0.341. The number of alkyl halides is 1. The van der Waals surface area contributed by atoms with Gasteiger partial charge < -0.3 is 4.74 Å². The Morgan fingerprint density at radius 3 is 2.67 bits per heavy atom. The maximum absolute atomic E-state index is 6.12. The number of ether oxygens (including phenoxy) is 1. The number of para-hydroxylation sites is 1. The molecule has 1 nitrogen and oxygen atoms in total. The van der Waals surface area contributed by atoms with Crippen LogP contribution in [0.3, 0.4) is 0 Å². The van der Waals surface area contributed by atoms with E-state index in [1.54, 1.807) is 18.2 Å². The fourth-order valence-corrected chi connectivity index (χ4v) is 2.17. The molecule has 0 heterocycles. The van der Waals surface area contributed by atoms with E-state index in [0.29, 0.717) is 29.0 Å². The van der Waals surface area contributed by atoms with Gasteiger partial charge in [0.15, 0.2) is 0 Å². The molecule has 0 radical (unpaired) electrons. The van der Waals surface area contributed by atoms with E-state index < -0.39 is 0 Å². The molecule has 0 aliphatic rings. The van der Waals surface area contributed by atoms with Crippen molar-refractivity contribution in [1.29, 1.82) is 0 Å². The minimum Gasteiger partial charge on any atom is -0.488 e. The Morgan fingerprint density at radius 2 is 1.86 bits per heavy atom. The molecular formula is C17H13Cl3O. The fraction of sp³-hybridized carbons (Fsp3) is 0.176. The molecular weight excluding hydrogens is 327 g/mol. The molecule has 2 aromatic rings. The first-order valence-electron chi connectivity index (χ1n) is 6.41. The summed E-state index contributed by atoms with van der Waals surface area (Å²) in [6.45, 7) is 0.341. The van der Waals surface area contributed by atoms with Gasteiger partial charge >= 0.3 is 0 Å². The van der Waals surface area contributed by atoms with E-state index in [0.717, 1.165) is 16.9 Å². The van der Waals surface area contributed by atoms with E-state index in [1.165, 1.54) is 0 Å². The molecule has 0 aliphatic heterocycles. The molecule has 21 heavy (non-hydrogen) atoms. The highest BCUT2D eigenvalue weighted by atomic mass is 35.5. The van der Waals surface area contributed by atoms with E-state index >= 15 is 0 Å². The zero-order valence-electron chi connectivity index (χ0n) is 11.2. The van der Waals surface area contributed by atoms with Crippen LogP contribution >= 0.6 is 34.8 Å². The molecule has 0 unspecified atom stereocenters. The Balaban J connectivity index is 2.13. The maximum atomic E-state index is 6.12. The molecule has 4 heteroatoms. The zero-order chi connectivity index (χ0) is 15.1. The van der Waals surface area contributed by atoms with Crippen molar-refractivity contribution in [2.45, 2.75) is 13.0 Å². The van der Waals surface area contributed by atoms with Crippen molar-refractivity contribution in [2.24, 2.45) is 0 Å². The molecule has 0 bridgehead atoms. The van der Waals surface area contributed by atoms with Gasteiger partial charge in [-0.2, -0.15) is 0 Å². The number of halogens is 3. The molecule has 0 atom stereocenters. The van der Waals surface area contributed by atoms with Gasteiger partial charge in [0.2, 0.25) is 0 Å². The predicted molar refractivity (Wildman–Crippen MR) is 89.5 cm³/mol. The van der Waals surface area contributed by atoms with Gasteiger partial charge in [-0.1, -0.05) is 47.2 Å². The summed E-state index contributed by atoms with van der Waals surface area (Å²) in [5, 5.41) is 1.26. The lowest BCUT2D eigenvalue weighted by atomic mass is 10.2. The maximum Gasteiger partial charge on any atom is 0.135 e. The second kappa shape index (κ2) is 8.20. The Morgan fingerprint density at radius 1 is 1.05 bits per heavy atom. The summed E-state index contributed by atoms with van der Waals surface area (Å²) in [4.78, 5) is 0. The molecule has 0 aromatic heterocycles. The van der Waals surface area contributed by atoms with Crippen LogP contribution in [0, 0.1) is 11.8 Å². The monoisotopic (exact) mass is 338 g/mol. The summed E-state index contributed by atoms with van der Waals surface area (Å²) in [6, 6.07) is 12.9. The molecule has 0 saturated carbocycles. The summed E-state index contributed by atoms with van der Waals surface area (Å²) in [5.41, 5.74) is 1.67. The van der Waals surface area contributed by atoms with Crippen LogP contribution in [-0.4, -0.2) is 5.88 Å². The van der Waals surface area contributed by atoms with Gasteiger partial charge in [-0.15, -0.1) is 11.6 Å². The topological polar surface area (TPSA) is 9.23 Å². The summed E-state index contributed by atoms with van der Waals surface area (Å²) in [7, 11) is 0. The molecule has 0 saturated heterocycles. The van der Waals surface area contributed by atoms with Crippen LogP contribution in [0.4, 0.5) is 0 Å². The molecule has 0 aliphatic carbocycles. The minimum atomic E-state index is 0.341. The molecule has 2 rings (SSSR count). The second-order valence-electron chi connectivity index (χ2n) is 4.26. The summed E-state index contributed by atoms with van der Waals surface area (Å²) in [5.74, 6) is 7.30. The molecule has 0 N–H and O–H groups in total. The fourth-order valence-electron chi connectivity index (χ4n) is 1.71. The Kier molecular flexibility index (Phi) is 6.26. The van der Waals surface area contributed by atoms with Crippen molar-refractivity contribution >= 4 is 34.8 Å². The molecule has 108 valence electrons. The predicted octanol–water partition coefficient (Wildman–Crippen LogP) is 5.55. The van der Waals surface area contributed by atoms with Gasteiger partial charge in [-0.25, -0.2) is 0 Å². The van der Waals surface area contributed by atoms with E-state index in [1.807, 2.05) is 24.3 Å². The first-order valence-corrected chi connectivity index (χ1v) is 7.70. The van der Waals surface area contributed by atoms with Crippen LogP contribution in [0.2, 0.25) is 10.0 Å². The highest BCUT2D eigenvalue weighted by Crippen LogP contribution is 2.24. The van der Waals surface area contributed by atoms with Crippen LogP contribution in [0.5, 0.6) is 5.75 Å². The van der Waals surface area contributed by atoms with Gasteiger partial charge in [0.25, 0.3) is 0 Å². The van der Waals surface area contributed by atoms with Gasteiger partial charge in [0, 0.05) is 27.9 Å². The number of benzene rings is 2. The average molecular weight is 340 g/mol. The third-order valence-electron chi connectivity index (χ3n) is 2.72. The third kappa shape index (κ3) is 4.86. The Bertz CT molecular complexity index is 671. The standard InChI is InChI=1S/C17H13Cl3O/c18-10-4-3-6-13-5-1-2-7-17(13)21-12-14-11-15(19)8-9-16(14)20/h1-2,5,7-9,11H,4,10,12H2. The second-order valence-corrected chi connectivity index (χ2v) is 5.48. The third-order valence-corrected chi connectivity index (χ3v) is 3.51. The van der Waals surface area contributed by atoms with Gasteiger partial charge in [-0.3, -0.25) is 0 Å². The smallest absolute Gasteiger partial charge is 0.135 e. The van der Waals surface area contributed by atoms with Crippen molar-refractivity contribution in [3.63, 3.8) is 0 Å². The van der Waals surface area contributed by atoms with E-state index in [4.69, 9.17) is 39.5 Å². The van der Waals surface area contributed by atoms with Gasteiger partial charge in [0.05, 0.1) is 5.56 Å². The SMILES string of the molecule is ClCCC#Cc1ccccc1OCc1cc(Cl)ccc1Cl. The van der Waals surface area contributed by atoms with Crippen LogP contribution < -0.4 is 4.74 Å². The lowest BCUT2D eigenvalue weighted by Crippen LogP contribution is -1.98. The zero-order valence-corrected chi connectivity index (χ0v) is 13.5. The van der Waals surface area contributed by atoms with Gasteiger partial charge in [-0.05, 0) is 30.3 Å². The quantitative estimate of drug-likeness (QED) is 0.524. The van der Waals surface area contributed by atoms with Crippen LogP contribution in [-0.2, 0) is 6.61 Å². The normalized spacial score (nSPS) is 9.86. The molecule has 0 fully saturated rings. The van der Waals surface area contributed by atoms with E-state index in [9.17, 15) is 0 Å². The van der Waals surface area contributed by atoms with Crippen LogP contribution in [0.25, 0.3) is 0 Å². The van der Waals surface area contributed by atoms with Crippen molar-refractivity contribution in [1.82, 2.24) is 0 Å². The Hall–Kier alpha value is -1.33. The largest absolute Gasteiger partial charge is 0.488 e. The number of hydrogen-bond acceptors (Lipinski definition) is 1. The first-order chi connectivity index (χ1) is 10.2. The van der Waals surface area contributed by atoms with Gasteiger partial charge in [0.1, 0.15) is 12.4 Å². The van der Waals surface area contributed by atoms with Crippen molar-refractivity contribution in [2.75, 3.05) is 5.88 Å². The lowest BCUT2D eigenvalue weighted by Gasteiger charge is -2.09. The number of hydrogen-bond donors (Lipinski definition) is 0. The van der Waals surface area contributed by atoms with Crippen molar-refractivity contribution < 1.29 is 4.74 Å². The highest BCUT2D eigenvalue weighted by molar-refractivity contribution is 6.33. The summed E-state index contributed by atoms with van der Waals surface area (Å²) in [6.07, 6.45) is 0.649. The van der Waals surface area contributed by atoms with E-state index in [-0.39, 0.29) is 0 Å².